The number of nitrogens with zero attached hydrogens (tertiary/aromatic N) is 1. The summed E-state index contributed by atoms with van der Waals surface area (Å²) in [6, 6.07) is 13.8. The van der Waals surface area contributed by atoms with Gasteiger partial charge in [0.05, 0.1) is 5.97 Å². The van der Waals surface area contributed by atoms with Gasteiger partial charge in [-0.05, 0) is 24.3 Å². The van der Waals surface area contributed by atoms with E-state index in [-0.39, 0.29) is 11.5 Å². The molecular formula is C19H10Cl2FN2O3-. The van der Waals surface area contributed by atoms with Crippen LogP contribution in [0.5, 0.6) is 0 Å². The van der Waals surface area contributed by atoms with Gasteiger partial charge in [-0.1, -0.05) is 53.5 Å². The average Bonchev–Trinajstić information content (AvgIpc) is 3.08. The molecule has 0 saturated carbocycles. The van der Waals surface area contributed by atoms with Crippen molar-refractivity contribution in [2.45, 2.75) is 5.00 Å². The van der Waals surface area contributed by atoms with Gasteiger partial charge < -0.3 is 19.6 Å². The smallest absolute Gasteiger partial charge is 0.227 e. The van der Waals surface area contributed by atoms with Crippen LogP contribution in [0.15, 0.2) is 75.6 Å². The second kappa shape index (κ2) is 6.40. The number of allylic oxidation sites excluding steroid dienone is 2. The lowest BCUT2D eigenvalue weighted by atomic mass is 9.91. The zero-order chi connectivity index (χ0) is 19.2. The van der Waals surface area contributed by atoms with Crippen molar-refractivity contribution < 1.29 is 18.7 Å². The van der Waals surface area contributed by atoms with E-state index in [0.29, 0.717) is 16.7 Å². The number of hydrogen-bond acceptors (Lipinski definition) is 5. The van der Waals surface area contributed by atoms with E-state index in [9.17, 15) is 14.3 Å². The first-order valence-electron chi connectivity index (χ1n) is 7.81. The Bertz CT molecular complexity index is 1110. The molecule has 5 nitrogen and oxygen atoms in total. The van der Waals surface area contributed by atoms with Crippen LogP contribution in [0, 0.1) is 0 Å². The van der Waals surface area contributed by atoms with Crippen molar-refractivity contribution in [3.63, 3.8) is 0 Å². The minimum atomic E-state index is -1.87. The van der Waals surface area contributed by atoms with Crippen LogP contribution in [0.3, 0.4) is 0 Å². The van der Waals surface area contributed by atoms with E-state index in [0.717, 1.165) is 6.08 Å². The number of aliphatic carboxylic acids is 1. The fraction of sp³-hybridized carbons (Fsp3) is 0.0526. The van der Waals surface area contributed by atoms with Gasteiger partial charge in [0.25, 0.3) is 0 Å². The third kappa shape index (κ3) is 2.87. The summed E-state index contributed by atoms with van der Waals surface area (Å²) in [6.45, 7) is 0. The van der Waals surface area contributed by atoms with E-state index in [2.05, 4.69) is 10.3 Å². The Morgan fingerprint density at radius 3 is 2.63 bits per heavy atom. The van der Waals surface area contributed by atoms with Crippen molar-refractivity contribution in [3.8, 4) is 11.5 Å². The molecule has 0 amide bonds. The van der Waals surface area contributed by atoms with E-state index >= 15 is 0 Å². The molecule has 1 atom stereocenters. The van der Waals surface area contributed by atoms with Crippen LogP contribution in [0.25, 0.3) is 22.6 Å². The monoisotopic (exact) mass is 403 g/mol. The SMILES string of the molecule is O=C([O-])C1=CC(F)=C(Cl)NC1(Cl)c1ccccc1-c1nc2ccccc2o1. The summed E-state index contributed by atoms with van der Waals surface area (Å²) >= 11 is 12.5. The highest BCUT2D eigenvalue weighted by atomic mass is 35.5. The molecule has 1 aromatic heterocycles. The molecule has 0 radical (unpaired) electrons. The molecule has 4 rings (SSSR count). The van der Waals surface area contributed by atoms with E-state index in [1.807, 2.05) is 6.07 Å². The summed E-state index contributed by atoms with van der Waals surface area (Å²) in [7, 11) is 0. The molecule has 0 saturated heterocycles. The maximum Gasteiger partial charge on any atom is 0.227 e. The van der Waals surface area contributed by atoms with Gasteiger partial charge >= 0.3 is 0 Å². The molecule has 0 spiro atoms. The van der Waals surface area contributed by atoms with Gasteiger partial charge in [-0.2, -0.15) is 0 Å². The number of carbonyl (C=O) groups excluding carboxylic acids is 1. The number of carboxylic acid groups (broad SMARTS) is 1. The van der Waals surface area contributed by atoms with Gasteiger partial charge in [0.15, 0.2) is 16.4 Å². The lowest BCUT2D eigenvalue weighted by Crippen LogP contribution is -2.46. The topological polar surface area (TPSA) is 78.2 Å². The van der Waals surface area contributed by atoms with Crippen LogP contribution in [-0.2, 0) is 9.79 Å². The van der Waals surface area contributed by atoms with Gasteiger partial charge in [0.2, 0.25) is 5.89 Å². The van der Waals surface area contributed by atoms with Crippen molar-refractivity contribution >= 4 is 40.3 Å². The number of alkyl halides is 1. The van der Waals surface area contributed by atoms with Gasteiger partial charge in [-0.3, -0.25) is 0 Å². The lowest BCUT2D eigenvalue weighted by molar-refractivity contribution is -0.300. The summed E-state index contributed by atoms with van der Waals surface area (Å²) in [5, 5.41) is 13.7. The van der Waals surface area contributed by atoms with Crippen molar-refractivity contribution in [1.29, 1.82) is 0 Å². The summed E-state index contributed by atoms with van der Waals surface area (Å²) in [5.41, 5.74) is 1.37. The summed E-state index contributed by atoms with van der Waals surface area (Å²) < 4.78 is 19.6. The van der Waals surface area contributed by atoms with Gasteiger partial charge in [-0.25, -0.2) is 9.37 Å². The number of carboxylic acids is 1. The fourth-order valence-corrected chi connectivity index (χ4v) is 3.57. The predicted octanol–water partition coefficient (Wildman–Crippen LogP) is 3.54. The van der Waals surface area contributed by atoms with Gasteiger partial charge in [0.1, 0.15) is 10.7 Å². The Morgan fingerprint density at radius 1 is 1.19 bits per heavy atom. The van der Waals surface area contributed by atoms with Crippen LogP contribution in [0.1, 0.15) is 5.56 Å². The molecule has 136 valence electrons. The first kappa shape index (κ1) is 17.6. The highest BCUT2D eigenvalue weighted by molar-refractivity contribution is 6.33. The normalized spacial score (nSPS) is 19.7. The van der Waals surface area contributed by atoms with Crippen LogP contribution in [-0.4, -0.2) is 11.0 Å². The third-order valence-electron chi connectivity index (χ3n) is 4.18. The van der Waals surface area contributed by atoms with E-state index in [1.165, 1.54) is 0 Å². The van der Waals surface area contributed by atoms with Crippen LogP contribution in [0.2, 0.25) is 0 Å². The Kier molecular flexibility index (Phi) is 4.17. The minimum absolute atomic E-state index is 0.234. The fourth-order valence-electron chi connectivity index (χ4n) is 2.94. The summed E-state index contributed by atoms with van der Waals surface area (Å²) in [5.74, 6) is -2.35. The third-order valence-corrected chi connectivity index (χ3v) is 4.95. The zero-order valence-corrected chi connectivity index (χ0v) is 15.0. The molecule has 0 fully saturated rings. The number of halogens is 3. The molecule has 1 aliphatic rings. The van der Waals surface area contributed by atoms with Crippen molar-refractivity contribution in [2.24, 2.45) is 0 Å². The first-order valence-corrected chi connectivity index (χ1v) is 8.57. The number of aromatic nitrogens is 1. The second-order valence-corrected chi connectivity index (χ2v) is 6.77. The largest absolute Gasteiger partial charge is 0.545 e. The Morgan fingerprint density at radius 2 is 1.89 bits per heavy atom. The molecule has 8 heteroatoms. The molecule has 3 aromatic rings. The maximum atomic E-state index is 13.8. The van der Waals surface area contributed by atoms with Gasteiger partial charge in [0, 0.05) is 16.7 Å². The zero-order valence-electron chi connectivity index (χ0n) is 13.5. The second-order valence-electron chi connectivity index (χ2n) is 5.82. The number of benzene rings is 2. The van der Waals surface area contributed by atoms with E-state index in [1.54, 1.807) is 42.5 Å². The van der Waals surface area contributed by atoms with Crippen LogP contribution in [0.4, 0.5) is 4.39 Å². The number of nitrogens with one attached hydrogen (secondary N) is 1. The molecular weight excluding hydrogens is 394 g/mol. The molecule has 2 aromatic carbocycles. The average molecular weight is 404 g/mol. The minimum Gasteiger partial charge on any atom is -0.545 e. The van der Waals surface area contributed by atoms with E-state index in [4.69, 9.17) is 27.6 Å². The highest BCUT2D eigenvalue weighted by Crippen LogP contribution is 2.44. The predicted molar refractivity (Wildman–Crippen MR) is 97.2 cm³/mol. The van der Waals surface area contributed by atoms with Crippen molar-refractivity contribution in [2.75, 3.05) is 0 Å². The standard InChI is InChI=1S/C19H11Cl2FN2O3/c20-16-13(22)9-12(18(25)26)19(21,24-16)11-6-2-1-5-10(11)17-23-14-7-3-4-8-15(14)27-17/h1-9,24H,(H,25,26)/p-1. The van der Waals surface area contributed by atoms with Crippen molar-refractivity contribution in [3.05, 3.63) is 76.7 Å². The Balaban J connectivity index is 1.93. The Hall–Kier alpha value is -2.83. The molecule has 2 heterocycles. The Labute approximate surface area is 162 Å². The highest BCUT2D eigenvalue weighted by Gasteiger charge is 2.41. The molecule has 0 bridgehead atoms. The maximum absolute atomic E-state index is 13.8. The van der Waals surface area contributed by atoms with Gasteiger partial charge in [-0.15, -0.1) is 0 Å². The number of rotatable bonds is 3. The van der Waals surface area contributed by atoms with E-state index < -0.39 is 27.5 Å². The molecule has 27 heavy (non-hydrogen) atoms. The molecule has 1 aliphatic heterocycles. The number of para-hydroxylation sites is 2. The number of carbonyl (C=O) groups is 1. The van der Waals surface area contributed by atoms with Crippen LogP contribution < -0.4 is 10.4 Å². The number of oxazole rings is 1. The molecule has 0 aliphatic carbocycles. The number of fused-ring (bicyclic) bond motifs is 1. The first-order chi connectivity index (χ1) is 12.9. The summed E-state index contributed by atoms with van der Waals surface area (Å²) in [6.07, 6.45) is 0.740. The quantitative estimate of drug-likeness (QED) is 0.534. The molecule has 1 unspecified atom stereocenters. The number of hydrogen-bond donors (Lipinski definition) is 1. The summed E-state index contributed by atoms with van der Waals surface area (Å²) in [4.78, 5) is 14.2. The number of dihydropyridines is 1. The molecule has 1 N–H and O–H groups in total. The van der Waals surface area contributed by atoms with Crippen LogP contribution >= 0.6 is 23.2 Å². The lowest BCUT2D eigenvalue weighted by Gasteiger charge is -2.36. The van der Waals surface area contributed by atoms with Crippen molar-refractivity contribution in [1.82, 2.24) is 10.3 Å².